The summed E-state index contributed by atoms with van der Waals surface area (Å²) in [5.74, 6) is -0.729. The number of benzene rings is 1. The summed E-state index contributed by atoms with van der Waals surface area (Å²) in [6, 6.07) is 8.08. The van der Waals surface area contributed by atoms with Crippen LogP contribution in [0.4, 0.5) is 0 Å². The monoisotopic (exact) mass is 302 g/mol. The number of nitrogens with zero attached hydrogens (tertiary/aromatic N) is 1. The van der Waals surface area contributed by atoms with E-state index in [-0.39, 0.29) is 6.10 Å². The second-order valence-corrected chi connectivity index (χ2v) is 6.35. The molecule has 2 aliphatic heterocycles. The Kier molecular flexibility index (Phi) is 4.16. The molecule has 1 saturated heterocycles. The molecule has 1 aromatic rings. The molecule has 2 N–H and O–H groups in total. The lowest BCUT2D eigenvalue weighted by Crippen LogP contribution is -2.47. The van der Waals surface area contributed by atoms with Crippen molar-refractivity contribution >= 4 is 11.7 Å². The molecule has 0 amide bonds. The minimum absolute atomic E-state index is 0.148. The van der Waals surface area contributed by atoms with Crippen LogP contribution in [0.3, 0.4) is 0 Å². The highest BCUT2D eigenvalue weighted by molar-refractivity contribution is 6.02. The first-order chi connectivity index (χ1) is 10.6. The molecule has 0 saturated carbocycles. The first-order valence-corrected chi connectivity index (χ1v) is 7.83. The van der Waals surface area contributed by atoms with Crippen LogP contribution in [0.25, 0.3) is 0 Å². The Bertz CT molecular complexity index is 591. The summed E-state index contributed by atoms with van der Waals surface area (Å²) in [7, 11) is 0. The fourth-order valence-electron chi connectivity index (χ4n) is 3.44. The van der Waals surface area contributed by atoms with Crippen LogP contribution in [-0.2, 0) is 9.63 Å². The van der Waals surface area contributed by atoms with Crippen molar-refractivity contribution in [2.75, 3.05) is 13.1 Å². The van der Waals surface area contributed by atoms with Gasteiger partial charge in [-0.3, -0.25) is 4.79 Å². The Labute approximate surface area is 130 Å². The molecular formula is C17H22N2O3. The lowest BCUT2D eigenvalue weighted by atomic mass is 9.75. The highest BCUT2D eigenvalue weighted by Gasteiger charge is 2.43. The molecule has 0 radical (unpaired) electrons. The van der Waals surface area contributed by atoms with Crippen LogP contribution in [0, 0.1) is 12.3 Å². The van der Waals surface area contributed by atoms with E-state index in [9.17, 15) is 9.90 Å². The molecule has 0 bridgehead atoms. The largest absolute Gasteiger partial charge is 0.481 e. The lowest BCUT2D eigenvalue weighted by molar-refractivity contribution is -0.152. The highest BCUT2D eigenvalue weighted by atomic mass is 16.6. The van der Waals surface area contributed by atoms with Crippen LogP contribution in [0.5, 0.6) is 0 Å². The van der Waals surface area contributed by atoms with Gasteiger partial charge in [0.1, 0.15) is 6.10 Å². The molecule has 2 atom stereocenters. The second kappa shape index (κ2) is 6.08. The summed E-state index contributed by atoms with van der Waals surface area (Å²) in [6.45, 7) is 3.46. The predicted molar refractivity (Wildman–Crippen MR) is 84.0 cm³/mol. The molecule has 0 spiro atoms. The maximum Gasteiger partial charge on any atom is 0.311 e. The van der Waals surface area contributed by atoms with Crippen molar-refractivity contribution in [1.82, 2.24) is 5.32 Å². The lowest BCUT2D eigenvalue weighted by Gasteiger charge is -2.34. The predicted octanol–water partition coefficient (Wildman–Crippen LogP) is 2.33. The number of hydrogen-bond donors (Lipinski definition) is 2. The van der Waals surface area contributed by atoms with Gasteiger partial charge in [-0.2, -0.15) is 0 Å². The van der Waals surface area contributed by atoms with Gasteiger partial charge in [-0.15, -0.1) is 0 Å². The first-order valence-electron chi connectivity index (χ1n) is 7.83. The third-order valence-electron chi connectivity index (χ3n) is 4.73. The summed E-state index contributed by atoms with van der Waals surface area (Å²) in [6.07, 6.45) is 2.64. The summed E-state index contributed by atoms with van der Waals surface area (Å²) in [5.41, 5.74) is 2.46. The van der Waals surface area contributed by atoms with Gasteiger partial charge in [0.15, 0.2) is 0 Å². The van der Waals surface area contributed by atoms with E-state index in [4.69, 9.17) is 4.84 Å². The average Bonchev–Trinajstić information content (AvgIpc) is 2.96. The van der Waals surface area contributed by atoms with Gasteiger partial charge in [-0.1, -0.05) is 29.4 Å². The number of rotatable bonds is 4. The molecule has 0 unspecified atom stereocenters. The number of piperidine rings is 1. The van der Waals surface area contributed by atoms with Crippen LogP contribution in [0.15, 0.2) is 29.4 Å². The summed E-state index contributed by atoms with van der Waals surface area (Å²) < 4.78 is 0. The van der Waals surface area contributed by atoms with E-state index in [2.05, 4.69) is 23.5 Å². The van der Waals surface area contributed by atoms with Gasteiger partial charge in [-0.05, 0) is 31.9 Å². The second-order valence-electron chi connectivity index (χ2n) is 6.35. The summed E-state index contributed by atoms with van der Waals surface area (Å²) >= 11 is 0. The van der Waals surface area contributed by atoms with Crippen LogP contribution in [0.2, 0.25) is 0 Å². The Morgan fingerprint density at radius 3 is 3.00 bits per heavy atom. The molecule has 2 aliphatic rings. The van der Waals surface area contributed by atoms with E-state index in [0.29, 0.717) is 25.8 Å². The Hall–Kier alpha value is -1.88. The highest BCUT2D eigenvalue weighted by Crippen LogP contribution is 2.35. The molecule has 0 aliphatic carbocycles. The molecule has 1 fully saturated rings. The zero-order valence-corrected chi connectivity index (χ0v) is 12.8. The third kappa shape index (κ3) is 2.86. The SMILES string of the molecule is Cc1ccccc1C1=NO[C@@H](C[C@@]2(C(=O)O)CCCNC2)C1. The van der Waals surface area contributed by atoms with E-state index >= 15 is 0 Å². The van der Waals surface area contributed by atoms with Crippen molar-refractivity contribution in [2.24, 2.45) is 10.6 Å². The first kappa shape index (κ1) is 15.0. The average molecular weight is 302 g/mol. The normalized spacial score (nSPS) is 28.0. The topological polar surface area (TPSA) is 70.9 Å². The fourth-order valence-corrected chi connectivity index (χ4v) is 3.44. The van der Waals surface area contributed by atoms with Crippen LogP contribution in [0.1, 0.15) is 36.8 Å². The van der Waals surface area contributed by atoms with Gasteiger partial charge < -0.3 is 15.3 Å². The fraction of sp³-hybridized carbons (Fsp3) is 0.529. The molecule has 118 valence electrons. The van der Waals surface area contributed by atoms with Gasteiger partial charge in [-0.25, -0.2) is 0 Å². The van der Waals surface area contributed by atoms with E-state index in [0.717, 1.165) is 29.8 Å². The Morgan fingerprint density at radius 2 is 2.32 bits per heavy atom. The van der Waals surface area contributed by atoms with Gasteiger partial charge in [0.25, 0.3) is 0 Å². The molecule has 2 heterocycles. The zero-order valence-electron chi connectivity index (χ0n) is 12.8. The van der Waals surface area contributed by atoms with Crippen molar-refractivity contribution in [3.05, 3.63) is 35.4 Å². The summed E-state index contributed by atoms with van der Waals surface area (Å²) in [5, 5.41) is 17.1. The van der Waals surface area contributed by atoms with Crippen LogP contribution >= 0.6 is 0 Å². The third-order valence-corrected chi connectivity index (χ3v) is 4.73. The molecule has 1 aromatic carbocycles. The number of aryl methyl sites for hydroxylation is 1. The van der Waals surface area contributed by atoms with Crippen molar-refractivity contribution in [2.45, 2.75) is 38.7 Å². The molecule has 5 nitrogen and oxygen atoms in total. The number of nitrogens with one attached hydrogen (secondary N) is 1. The van der Waals surface area contributed by atoms with E-state index in [1.165, 1.54) is 0 Å². The molecule has 3 rings (SSSR count). The van der Waals surface area contributed by atoms with E-state index in [1.54, 1.807) is 0 Å². The maximum atomic E-state index is 11.7. The van der Waals surface area contributed by atoms with Crippen LogP contribution in [-0.4, -0.2) is 36.0 Å². The molecule has 5 heteroatoms. The Morgan fingerprint density at radius 1 is 1.50 bits per heavy atom. The standard InChI is InChI=1S/C17H22N2O3/c1-12-5-2-3-6-14(12)15-9-13(22-19-15)10-17(16(20)21)7-4-8-18-11-17/h2-3,5-6,13,18H,4,7-11H2,1H3,(H,20,21)/t13-,17+/m1/s1. The van der Waals surface area contributed by atoms with Crippen molar-refractivity contribution in [1.29, 1.82) is 0 Å². The number of aliphatic carboxylic acids is 1. The summed E-state index contributed by atoms with van der Waals surface area (Å²) in [4.78, 5) is 17.3. The zero-order chi connectivity index (χ0) is 15.6. The number of carbonyl (C=O) groups is 1. The minimum Gasteiger partial charge on any atom is -0.481 e. The molecule has 0 aromatic heterocycles. The number of carboxylic acids is 1. The van der Waals surface area contributed by atoms with Crippen molar-refractivity contribution in [3.63, 3.8) is 0 Å². The smallest absolute Gasteiger partial charge is 0.311 e. The Balaban J connectivity index is 1.69. The molecular weight excluding hydrogens is 280 g/mol. The number of oxime groups is 1. The van der Waals surface area contributed by atoms with Gasteiger partial charge in [0, 0.05) is 24.9 Å². The van der Waals surface area contributed by atoms with Crippen molar-refractivity contribution in [3.8, 4) is 0 Å². The number of hydrogen-bond acceptors (Lipinski definition) is 4. The maximum absolute atomic E-state index is 11.7. The van der Waals surface area contributed by atoms with Crippen LogP contribution < -0.4 is 5.32 Å². The molecule has 22 heavy (non-hydrogen) atoms. The van der Waals surface area contributed by atoms with E-state index < -0.39 is 11.4 Å². The van der Waals surface area contributed by atoms with Gasteiger partial charge in [0.05, 0.1) is 11.1 Å². The quantitative estimate of drug-likeness (QED) is 0.895. The minimum atomic E-state index is -0.729. The van der Waals surface area contributed by atoms with E-state index in [1.807, 2.05) is 18.2 Å². The van der Waals surface area contributed by atoms with Crippen molar-refractivity contribution < 1.29 is 14.7 Å². The number of carboxylic acid groups (broad SMARTS) is 1. The van der Waals surface area contributed by atoms with Gasteiger partial charge >= 0.3 is 5.97 Å². The van der Waals surface area contributed by atoms with Gasteiger partial charge in [0.2, 0.25) is 0 Å².